The topological polar surface area (TPSA) is 59.2 Å². The molecule has 6 heteroatoms. The molecule has 2 unspecified atom stereocenters. The summed E-state index contributed by atoms with van der Waals surface area (Å²) in [4.78, 5) is 18.4. The first-order chi connectivity index (χ1) is 10.6. The van der Waals surface area contributed by atoms with Gasteiger partial charge in [0, 0.05) is 12.1 Å². The van der Waals surface area contributed by atoms with Crippen LogP contribution in [0.2, 0.25) is 0 Å². The van der Waals surface area contributed by atoms with Crippen LogP contribution in [-0.2, 0) is 4.79 Å². The fourth-order valence-electron chi connectivity index (χ4n) is 2.71. The van der Waals surface area contributed by atoms with Crippen molar-refractivity contribution in [3.05, 3.63) is 35.7 Å². The van der Waals surface area contributed by atoms with Crippen LogP contribution in [0.3, 0.4) is 0 Å². The Morgan fingerprint density at radius 3 is 2.82 bits per heavy atom. The number of halogens is 1. The van der Waals surface area contributed by atoms with Crippen molar-refractivity contribution in [2.75, 3.05) is 6.54 Å². The van der Waals surface area contributed by atoms with Gasteiger partial charge in [0.2, 0.25) is 17.6 Å². The number of alkyl halides is 1. The summed E-state index contributed by atoms with van der Waals surface area (Å²) < 4.78 is 5.40. The molecule has 0 saturated carbocycles. The van der Waals surface area contributed by atoms with Gasteiger partial charge in [0.25, 0.3) is 0 Å². The molecule has 2 heterocycles. The van der Waals surface area contributed by atoms with Crippen molar-refractivity contribution >= 4 is 17.5 Å². The molecule has 116 valence electrons. The Labute approximate surface area is 134 Å². The summed E-state index contributed by atoms with van der Waals surface area (Å²) in [5.74, 6) is 0.950. The summed E-state index contributed by atoms with van der Waals surface area (Å²) >= 11 is 5.92. The maximum absolute atomic E-state index is 12.1. The molecule has 5 nitrogen and oxygen atoms in total. The van der Waals surface area contributed by atoms with E-state index in [-0.39, 0.29) is 11.9 Å². The minimum absolute atomic E-state index is 0.0840. The number of carbonyl (C=O) groups excluding carboxylic acids is 1. The van der Waals surface area contributed by atoms with E-state index in [9.17, 15) is 4.79 Å². The Bertz CT molecular complexity index is 666. The van der Waals surface area contributed by atoms with Gasteiger partial charge in [0.15, 0.2) is 0 Å². The van der Waals surface area contributed by atoms with Crippen LogP contribution < -0.4 is 0 Å². The molecule has 1 fully saturated rings. The van der Waals surface area contributed by atoms with E-state index in [1.54, 1.807) is 11.8 Å². The highest BCUT2D eigenvalue weighted by Crippen LogP contribution is 2.32. The molecule has 0 bridgehead atoms. The number of amides is 1. The lowest BCUT2D eigenvalue weighted by Gasteiger charge is -2.22. The SMILES string of the molecule is Cc1ccc(-c2noc(C3CCCN3C(=O)C(C)Cl)n2)cc1. The number of nitrogens with zero attached hydrogens (tertiary/aromatic N) is 3. The first-order valence-electron chi connectivity index (χ1n) is 7.41. The molecule has 1 aromatic heterocycles. The van der Waals surface area contributed by atoms with E-state index >= 15 is 0 Å². The molecule has 0 radical (unpaired) electrons. The van der Waals surface area contributed by atoms with E-state index in [1.165, 1.54) is 5.56 Å². The second kappa shape index (κ2) is 6.08. The van der Waals surface area contributed by atoms with E-state index in [2.05, 4.69) is 10.1 Å². The first kappa shape index (κ1) is 15.0. The number of carbonyl (C=O) groups is 1. The van der Waals surface area contributed by atoms with Gasteiger partial charge in [-0.25, -0.2) is 0 Å². The zero-order chi connectivity index (χ0) is 15.7. The number of hydrogen-bond donors (Lipinski definition) is 0. The van der Waals surface area contributed by atoms with Gasteiger partial charge in [-0.05, 0) is 26.7 Å². The summed E-state index contributed by atoms with van der Waals surface area (Å²) in [7, 11) is 0. The molecule has 1 amide bonds. The van der Waals surface area contributed by atoms with Gasteiger partial charge >= 0.3 is 0 Å². The van der Waals surface area contributed by atoms with Crippen LogP contribution in [0.1, 0.15) is 37.3 Å². The molecule has 1 aromatic carbocycles. The summed E-state index contributed by atoms with van der Waals surface area (Å²) in [5, 5.41) is 3.50. The Morgan fingerprint density at radius 2 is 2.14 bits per heavy atom. The van der Waals surface area contributed by atoms with Gasteiger partial charge in [-0.2, -0.15) is 4.98 Å². The third-order valence-corrected chi connectivity index (χ3v) is 4.10. The molecular formula is C16H18ClN3O2. The fraction of sp³-hybridized carbons (Fsp3) is 0.438. The van der Waals surface area contributed by atoms with E-state index < -0.39 is 5.38 Å². The lowest BCUT2D eigenvalue weighted by atomic mass is 10.1. The van der Waals surface area contributed by atoms with Crippen LogP contribution in [0.5, 0.6) is 0 Å². The molecular weight excluding hydrogens is 302 g/mol. The fourth-order valence-corrected chi connectivity index (χ4v) is 2.83. The monoisotopic (exact) mass is 319 g/mol. The third kappa shape index (κ3) is 2.86. The zero-order valence-electron chi connectivity index (χ0n) is 12.6. The van der Waals surface area contributed by atoms with E-state index in [4.69, 9.17) is 16.1 Å². The summed E-state index contributed by atoms with van der Waals surface area (Å²) in [6, 6.07) is 7.77. The summed E-state index contributed by atoms with van der Waals surface area (Å²) in [6.07, 6.45) is 1.74. The summed E-state index contributed by atoms with van der Waals surface area (Å²) in [6.45, 7) is 4.40. The van der Waals surface area contributed by atoms with E-state index in [1.807, 2.05) is 31.2 Å². The van der Waals surface area contributed by atoms with Crippen molar-refractivity contribution in [2.45, 2.75) is 38.1 Å². The lowest BCUT2D eigenvalue weighted by Crippen LogP contribution is -2.35. The van der Waals surface area contributed by atoms with Crippen molar-refractivity contribution < 1.29 is 9.32 Å². The average molecular weight is 320 g/mol. The molecule has 2 atom stereocenters. The zero-order valence-corrected chi connectivity index (χ0v) is 13.4. The standard InChI is InChI=1S/C16H18ClN3O2/c1-10-5-7-12(8-6-10)14-18-15(22-19-14)13-4-3-9-20(13)16(21)11(2)17/h5-8,11,13H,3-4,9H2,1-2H3. The Balaban J connectivity index is 1.84. The number of benzene rings is 1. The van der Waals surface area contributed by atoms with Gasteiger partial charge in [0.05, 0.1) is 0 Å². The van der Waals surface area contributed by atoms with E-state index in [0.717, 1.165) is 18.4 Å². The van der Waals surface area contributed by atoms with Crippen molar-refractivity contribution in [1.82, 2.24) is 15.0 Å². The average Bonchev–Trinajstić information content (AvgIpc) is 3.15. The number of rotatable bonds is 3. The third-order valence-electron chi connectivity index (χ3n) is 3.91. The van der Waals surface area contributed by atoms with Gasteiger partial charge < -0.3 is 9.42 Å². The Hall–Kier alpha value is -1.88. The maximum atomic E-state index is 12.1. The molecule has 1 saturated heterocycles. The quantitative estimate of drug-likeness (QED) is 0.814. The predicted molar refractivity (Wildman–Crippen MR) is 83.5 cm³/mol. The van der Waals surface area contributed by atoms with Crippen molar-refractivity contribution in [3.8, 4) is 11.4 Å². The first-order valence-corrected chi connectivity index (χ1v) is 7.85. The van der Waals surface area contributed by atoms with Crippen LogP contribution in [0.4, 0.5) is 0 Å². The highest BCUT2D eigenvalue weighted by Gasteiger charge is 2.35. The number of hydrogen-bond acceptors (Lipinski definition) is 4. The molecule has 0 aliphatic carbocycles. The van der Waals surface area contributed by atoms with Crippen molar-refractivity contribution in [3.63, 3.8) is 0 Å². The van der Waals surface area contributed by atoms with Crippen molar-refractivity contribution in [1.29, 1.82) is 0 Å². The molecule has 2 aromatic rings. The second-order valence-corrected chi connectivity index (χ2v) is 6.28. The van der Waals surface area contributed by atoms with Gasteiger partial charge in [-0.3, -0.25) is 4.79 Å². The molecule has 3 rings (SSSR count). The number of aryl methyl sites for hydroxylation is 1. The van der Waals surface area contributed by atoms with Gasteiger partial charge in [-0.15, -0.1) is 11.6 Å². The van der Waals surface area contributed by atoms with Crippen molar-refractivity contribution in [2.24, 2.45) is 0 Å². The van der Waals surface area contributed by atoms with Crippen LogP contribution in [0.25, 0.3) is 11.4 Å². The predicted octanol–water partition coefficient (Wildman–Crippen LogP) is 3.34. The highest BCUT2D eigenvalue weighted by molar-refractivity contribution is 6.30. The number of aromatic nitrogens is 2. The molecule has 22 heavy (non-hydrogen) atoms. The Morgan fingerprint density at radius 1 is 1.41 bits per heavy atom. The second-order valence-electron chi connectivity index (χ2n) is 5.63. The summed E-state index contributed by atoms with van der Waals surface area (Å²) in [5.41, 5.74) is 2.08. The molecule has 0 N–H and O–H groups in total. The van der Waals surface area contributed by atoms with Crippen LogP contribution >= 0.6 is 11.6 Å². The van der Waals surface area contributed by atoms with Gasteiger partial charge in [-0.1, -0.05) is 35.0 Å². The normalized spacial score (nSPS) is 19.4. The van der Waals surface area contributed by atoms with Crippen LogP contribution in [0, 0.1) is 6.92 Å². The molecule has 1 aliphatic rings. The van der Waals surface area contributed by atoms with Crippen LogP contribution in [0.15, 0.2) is 28.8 Å². The highest BCUT2D eigenvalue weighted by atomic mass is 35.5. The maximum Gasteiger partial charge on any atom is 0.249 e. The lowest BCUT2D eigenvalue weighted by molar-refractivity contribution is -0.131. The van der Waals surface area contributed by atoms with Gasteiger partial charge in [0.1, 0.15) is 11.4 Å². The van der Waals surface area contributed by atoms with Crippen LogP contribution in [-0.4, -0.2) is 32.9 Å². The smallest absolute Gasteiger partial charge is 0.249 e. The Kier molecular flexibility index (Phi) is 4.16. The number of likely N-dealkylation sites (tertiary alicyclic amines) is 1. The largest absolute Gasteiger partial charge is 0.337 e. The minimum Gasteiger partial charge on any atom is -0.337 e. The van der Waals surface area contributed by atoms with E-state index in [0.29, 0.717) is 18.3 Å². The minimum atomic E-state index is -0.542. The molecule has 1 aliphatic heterocycles. The molecule has 0 spiro atoms.